The van der Waals surface area contributed by atoms with Gasteiger partial charge in [0.25, 0.3) is 0 Å². The third-order valence-corrected chi connectivity index (χ3v) is 3.25. The standard InChI is InChI=1S/C12H18N4O3/c1-2-3-4-13-12(19)16-6-9-8(14-7-15-9)5-10(16)11(17)18/h7,10H,2-6H2,1H3,(H,13,19)(H,14,15)(H,17,18). The second-order valence-corrected chi connectivity index (χ2v) is 4.60. The molecule has 2 rings (SSSR count). The van der Waals surface area contributed by atoms with E-state index in [0.717, 1.165) is 24.2 Å². The lowest BCUT2D eigenvalue weighted by Gasteiger charge is -2.32. The molecule has 0 saturated carbocycles. The number of urea groups is 1. The SMILES string of the molecule is CCCCNC(=O)N1Cc2[nH]cnc2CC1C(=O)O. The minimum absolute atomic E-state index is 0.245. The van der Waals surface area contributed by atoms with E-state index in [2.05, 4.69) is 15.3 Å². The molecule has 1 aliphatic rings. The summed E-state index contributed by atoms with van der Waals surface area (Å²) in [6.45, 7) is 2.85. The number of H-pyrrole nitrogens is 1. The Balaban J connectivity index is 2.09. The number of unbranched alkanes of at least 4 members (excludes halogenated alkanes) is 1. The average molecular weight is 266 g/mol. The first kappa shape index (κ1) is 13.4. The second-order valence-electron chi connectivity index (χ2n) is 4.60. The van der Waals surface area contributed by atoms with Gasteiger partial charge in [-0.25, -0.2) is 14.6 Å². The highest BCUT2D eigenvalue weighted by Crippen LogP contribution is 2.20. The molecule has 0 aromatic carbocycles. The molecule has 0 radical (unpaired) electrons. The van der Waals surface area contributed by atoms with Crippen LogP contribution in [0.15, 0.2) is 6.33 Å². The summed E-state index contributed by atoms with van der Waals surface area (Å²) in [5.41, 5.74) is 1.54. The molecule has 0 bridgehead atoms. The van der Waals surface area contributed by atoms with Gasteiger partial charge in [-0.3, -0.25) is 0 Å². The Bertz CT molecular complexity index is 471. The Kier molecular flexibility index (Phi) is 4.03. The number of nitrogens with zero attached hydrogens (tertiary/aromatic N) is 2. The van der Waals surface area contributed by atoms with Gasteiger partial charge in [0.1, 0.15) is 6.04 Å². The fraction of sp³-hybridized carbons (Fsp3) is 0.583. The molecule has 1 unspecified atom stereocenters. The summed E-state index contributed by atoms with van der Waals surface area (Å²) in [6.07, 6.45) is 3.64. The Morgan fingerprint density at radius 2 is 2.42 bits per heavy atom. The summed E-state index contributed by atoms with van der Waals surface area (Å²) < 4.78 is 0. The number of hydrogen-bond donors (Lipinski definition) is 3. The maximum atomic E-state index is 12.0. The minimum atomic E-state index is -1.00. The number of carboxylic acid groups (broad SMARTS) is 1. The van der Waals surface area contributed by atoms with Gasteiger partial charge in [-0.1, -0.05) is 13.3 Å². The van der Waals surface area contributed by atoms with Crippen molar-refractivity contribution in [2.24, 2.45) is 0 Å². The Morgan fingerprint density at radius 3 is 3.11 bits per heavy atom. The third kappa shape index (κ3) is 2.86. The molecule has 7 nitrogen and oxygen atoms in total. The summed E-state index contributed by atoms with van der Waals surface area (Å²) in [6, 6.07) is -1.18. The molecule has 1 aromatic heterocycles. The van der Waals surface area contributed by atoms with Gasteiger partial charge in [-0.05, 0) is 6.42 Å². The Hall–Kier alpha value is -2.05. The van der Waals surface area contributed by atoms with E-state index >= 15 is 0 Å². The zero-order valence-electron chi connectivity index (χ0n) is 10.8. The van der Waals surface area contributed by atoms with Crippen molar-refractivity contribution < 1.29 is 14.7 Å². The average Bonchev–Trinajstić information content (AvgIpc) is 2.84. The molecular weight excluding hydrogens is 248 g/mol. The van der Waals surface area contributed by atoms with Crippen LogP contribution < -0.4 is 5.32 Å². The van der Waals surface area contributed by atoms with Crippen LogP contribution in [0.3, 0.4) is 0 Å². The molecular formula is C12H18N4O3. The molecule has 3 N–H and O–H groups in total. The molecule has 0 fully saturated rings. The van der Waals surface area contributed by atoms with Gasteiger partial charge < -0.3 is 20.3 Å². The van der Waals surface area contributed by atoms with Crippen LogP contribution in [-0.4, -0.2) is 44.6 Å². The van der Waals surface area contributed by atoms with Crippen molar-refractivity contribution in [3.63, 3.8) is 0 Å². The number of carbonyl (C=O) groups is 2. The summed E-state index contributed by atoms with van der Waals surface area (Å²) in [5.74, 6) is -1.00. The fourth-order valence-electron chi connectivity index (χ4n) is 2.14. The normalized spacial score (nSPS) is 17.9. The lowest BCUT2D eigenvalue weighted by molar-refractivity contribution is -0.142. The first-order valence-corrected chi connectivity index (χ1v) is 6.42. The van der Waals surface area contributed by atoms with E-state index < -0.39 is 12.0 Å². The summed E-state index contributed by atoms with van der Waals surface area (Å²) >= 11 is 0. The second kappa shape index (κ2) is 5.73. The van der Waals surface area contributed by atoms with Crippen molar-refractivity contribution in [3.05, 3.63) is 17.7 Å². The van der Waals surface area contributed by atoms with E-state index in [9.17, 15) is 14.7 Å². The van der Waals surface area contributed by atoms with Crippen molar-refractivity contribution >= 4 is 12.0 Å². The first-order valence-electron chi connectivity index (χ1n) is 6.42. The number of aromatic amines is 1. The van der Waals surface area contributed by atoms with Crippen LogP contribution in [0, 0.1) is 0 Å². The van der Waals surface area contributed by atoms with E-state index in [1.54, 1.807) is 0 Å². The molecule has 0 saturated heterocycles. The molecule has 1 aromatic rings. The fourth-order valence-corrected chi connectivity index (χ4v) is 2.14. The van der Waals surface area contributed by atoms with Crippen LogP contribution in [0.4, 0.5) is 4.79 Å². The molecule has 104 valence electrons. The number of aliphatic carboxylic acids is 1. The van der Waals surface area contributed by atoms with Gasteiger partial charge in [0.15, 0.2) is 0 Å². The van der Waals surface area contributed by atoms with Crippen molar-refractivity contribution in [1.29, 1.82) is 0 Å². The summed E-state index contributed by atoms with van der Waals surface area (Å²) in [4.78, 5) is 31.7. The molecule has 0 aliphatic carbocycles. The van der Waals surface area contributed by atoms with Crippen LogP contribution in [0.25, 0.3) is 0 Å². The smallest absolute Gasteiger partial charge is 0.326 e. The van der Waals surface area contributed by atoms with Gasteiger partial charge in [0.2, 0.25) is 0 Å². The van der Waals surface area contributed by atoms with Crippen molar-refractivity contribution in [1.82, 2.24) is 20.2 Å². The number of imidazole rings is 1. The molecule has 2 heterocycles. The Labute approximate surface area is 111 Å². The largest absolute Gasteiger partial charge is 0.480 e. The number of rotatable bonds is 4. The molecule has 1 atom stereocenters. The van der Waals surface area contributed by atoms with Crippen LogP contribution >= 0.6 is 0 Å². The lowest BCUT2D eigenvalue weighted by atomic mass is 10.0. The number of amides is 2. The van der Waals surface area contributed by atoms with E-state index in [0.29, 0.717) is 6.54 Å². The Morgan fingerprint density at radius 1 is 1.63 bits per heavy atom. The zero-order valence-corrected chi connectivity index (χ0v) is 10.8. The van der Waals surface area contributed by atoms with Crippen LogP contribution in [-0.2, 0) is 17.8 Å². The number of hydrogen-bond acceptors (Lipinski definition) is 3. The van der Waals surface area contributed by atoms with E-state index in [1.807, 2.05) is 6.92 Å². The number of fused-ring (bicyclic) bond motifs is 1. The van der Waals surface area contributed by atoms with Crippen molar-refractivity contribution in [2.45, 2.75) is 38.8 Å². The van der Waals surface area contributed by atoms with Crippen molar-refractivity contribution in [3.8, 4) is 0 Å². The van der Waals surface area contributed by atoms with E-state index in [4.69, 9.17) is 0 Å². The highest BCUT2D eigenvalue weighted by molar-refractivity contribution is 5.83. The molecule has 0 spiro atoms. The highest BCUT2D eigenvalue weighted by atomic mass is 16.4. The van der Waals surface area contributed by atoms with Crippen LogP contribution in [0.2, 0.25) is 0 Å². The number of aromatic nitrogens is 2. The van der Waals surface area contributed by atoms with Crippen LogP contribution in [0.5, 0.6) is 0 Å². The van der Waals surface area contributed by atoms with E-state index in [1.165, 1.54) is 11.2 Å². The highest BCUT2D eigenvalue weighted by Gasteiger charge is 2.35. The molecule has 2 amide bonds. The summed E-state index contributed by atoms with van der Waals surface area (Å²) in [5, 5.41) is 12.0. The van der Waals surface area contributed by atoms with Crippen molar-refractivity contribution in [2.75, 3.05) is 6.54 Å². The van der Waals surface area contributed by atoms with Gasteiger partial charge in [-0.2, -0.15) is 0 Å². The lowest BCUT2D eigenvalue weighted by Crippen LogP contribution is -2.52. The van der Waals surface area contributed by atoms with Gasteiger partial charge >= 0.3 is 12.0 Å². The van der Waals surface area contributed by atoms with Gasteiger partial charge in [0.05, 0.1) is 24.3 Å². The zero-order chi connectivity index (χ0) is 13.8. The quantitative estimate of drug-likeness (QED) is 0.700. The molecule has 1 aliphatic heterocycles. The third-order valence-electron chi connectivity index (χ3n) is 3.25. The van der Waals surface area contributed by atoms with E-state index in [-0.39, 0.29) is 19.0 Å². The number of carbonyl (C=O) groups excluding carboxylic acids is 1. The first-order chi connectivity index (χ1) is 9.13. The minimum Gasteiger partial charge on any atom is -0.480 e. The van der Waals surface area contributed by atoms with Crippen LogP contribution in [0.1, 0.15) is 31.2 Å². The van der Waals surface area contributed by atoms with Gasteiger partial charge in [-0.15, -0.1) is 0 Å². The predicted octanol–water partition coefficient (Wildman–Crippen LogP) is 0.731. The maximum Gasteiger partial charge on any atom is 0.326 e. The molecule has 19 heavy (non-hydrogen) atoms. The number of carboxylic acids is 1. The topological polar surface area (TPSA) is 98.3 Å². The van der Waals surface area contributed by atoms with Gasteiger partial charge in [0, 0.05) is 13.0 Å². The summed E-state index contributed by atoms with van der Waals surface area (Å²) in [7, 11) is 0. The maximum absolute atomic E-state index is 12.0. The monoisotopic (exact) mass is 266 g/mol. The number of nitrogens with one attached hydrogen (secondary N) is 2. The predicted molar refractivity (Wildman–Crippen MR) is 67.6 cm³/mol. The molecule has 7 heteroatoms.